The summed E-state index contributed by atoms with van der Waals surface area (Å²) in [4.78, 5) is 0. The molecule has 0 aromatic carbocycles. The molecule has 0 saturated heterocycles. The van der Waals surface area contributed by atoms with Gasteiger partial charge in [-0.15, -0.1) is 0 Å². The molecule has 1 saturated carbocycles. The lowest BCUT2D eigenvalue weighted by atomic mass is 10.3. The van der Waals surface area contributed by atoms with Crippen molar-refractivity contribution in [2.24, 2.45) is 17.4 Å². The summed E-state index contributed by atoms with van der Waals surface area (Å²) in [5.41, 5.74) is 10.7. The van der Waals surface area contributed by atoms with Gasteiger partial charge in [-0.1, -0.05) is 0 Å². The third-order valence-corrected chi connectivity index (χ3v) is 1.58. The fourth-order valence-corrected chi connectivity index (χ4v) is 0.866. The molecular formula is C5H12N2O. The summed E-state index contributed by atoms with van der Waals surface area (Å²) in [7, 11) is 1.69. The highest BCUT2D eigenvalue weighted by atomic mass is 16.5. The van der Waals surface area contributed by atoms with E-state index in [9.17, 15) is 0 Å². The van der Waals surface area contributed by atoms with Gasteiger partial charge in [0.25, 0.3) is 0 Å². The van der Waals surface area contributed by atoms with Gasteiger partial charge in [0.15, 0.2) is 0 Å². The first-order chi connectivity index (χ1) is 3.75. The molecule has 3 nitrogen and oxygen atoms in total. The zero-order chi connectivity index (χ0) is 6.15. The zero-order valence-corrected chi connectivity index (χ0v) is 5.00. The Kier molecular flexibility index (Phi) is 1.51. The first-order valence-corrected chi connectivity index (χ1v) is 2.79. The van der Waals surface area contributed by atoms with Crippen molar-refractivity contribution < 1.29 is 4.74 Å². The molecule has 0 aliphatic heterocycles. The molecule has 0 spiro atoms. The summed E-state index contributed by atoms with van der Waals surface area (Å²) < 4.78 is 4.98. The van der Waals surface area contributed by atoms with Gasteiger partial charge >= 0.3 is 0 Å². The van der Waals surface area contributed by atoms with Crippen LogP contribution in [0.4, 0.5) is 0 Å². The summed E-state index contributed by atoms with van der Waals surface area (Å²) in [5.74, 6) is 0.417. The van der Waals surface area contributed by atoms with Crippen LogP contribution in [0, 0.1) is 5.92 Å². The smallest absolute Gasteiger partial charge is 0.0632 e. The van der Waals surface area contributed by atoms with Crippen LogP contribution in [0.15, 0.2) is 0 Å². The molecule has 4 N–H and O–H groups in total. The Bertz CT molecular complexity index is 84.5. The van der Waals surface area contributed by atoms with Crippen molar-refractivity contribution in [2.75, 3.05) is 7.11 Å². The van der Waals surface area contributed by atoms with Crippen molar-refractivity contribution in [3.8, 4) is 0 Å². The number of ether oxygens (including phenoxy) is 1. The second kappa shape index (κ2) is 2.01. The number of methoxy groups -OCH3 is 1. The zero-order valence-electron chi connectivity index (χ0n) is 5.00. The van der Waals surface area contributed by atoms with Crippen molar-refractivity contribution >= 4 is 0 Å². The maximum atomic E-state index is 5.36. The maximum Gasteiger partial charge on any atom is 0.0632 e. The Balaban J connectivity index is 2.16. The standard InChI is InChI=1S/C5H12N2O/c1-8-4-2-3(4)5(6)7/h3-5H,2,6-7H2,1H3/t3?,4-/m1/s1. The topological polar surface area (TPSA) is 61.3 Å². The molecule has 0 aromatic rings. The van der Waals surface area contributed by atoms with Crippen LogP contribution in [-0.2, 0) is 4.74 Å². The highest BCUT2D eigenvalue weighted by Crippen LogP contribution is 2.33. The number of hydrogen-bond acceptors (Lipinski definition) is 3. The van der Waals surface area contributed by atoms with Gasteiger partial charge in [-0.3, -0.25) is 0 Å². The highest BCUT2D eigenvalue weighted by molar-refractivity contribution is 4.91. The van der Waals surface area contributed by atoms with E-state index in [1.54, 1.807) is 7.11 Å². The molecule has 48 valence electrons. The van der Waals surface area contributed by atoms with Gasteiger partial charge in [0.1, 0.15) is 0 Å². The van der Waals surface area contributed by atoms with Crippen LogP contribution < -0.4 is 11.5 Å². The molecule has 1 rings (SSSR count). The molecule has 1 aliphatic carbocycles. The highest BCUT2D eigenvalue weighted by Gasteiger charge is 2.40. The molecule has 2 atom stereocenters. The minimum atomic E-state index is -0.181. The third kappa shape index (κ3) is 0.992. The SMILES string of the molecule is CO[C@@H]1CC1C(N)N. The second-order valence-electron chi connectivity index (χ2n) is 2.25. The third-order valence-electron chi connectivity index (χ3n) is 1.58. The first kappa shape index (κ1) is 6.01. The van der Waals surface area contributed by atoms with E-state index in [0.717, 1.165) is 6.42 Å². The largest absolute Gasteiger partial charge is 0.381 e. The minimum Gasteiger partial charge on any atom is -0.381 e. The fourth-order valence-electron chi connectivity index (χ4n) is 0.866. The van der Waals surface area contributed by atoms with E-state index in [1.807, 2.05) is 0 Å². The van der Waals surface area contributed by atoms with E-state index in [-0.39, 0.29) is 6.17 Å². The van der Waals surface area contributed by atoms with Crippen LogP contribution >= 0.6 is 0 Å². The summed E-state index contributed by atoms with van der Waals surface area (Å²) >= 11 is 0. The molecule has 1 unspecified atom stereocenters. The van der Waals surface area contributed by atoms with Gasteiger partial charge < -0.3 is 16.2 Å². The molecule has 0 aromatic heterocycles. The van der Waals surface area contributed by atoms with Gasteiger partial charge in [0.05, 0.1) is 12.3 Å². The van der Waals surface area contributed by atoms with E-state index >= 15 is 0 Å². The Hall–Kier alpha value is -0.120. The van der Waals surface area contributed by atoms with Crippen molar-refractivity contribution in [3.05, 3.63) is 0 Å². The van der Waals surface area contributed by atoms with E-state index < -0.39 is 0 Å². The molecular weight excluding hydrogens is 104 g/mol. The predicted octanol–water partition coefficient (Wildman–Crippen LogP) is -0.735. The number of hydrogen-bond donors (Lipinski definition) is 2. The minimum absolute atomic E-state index is 0.181. The second-order valence-corrected chi connectivity index (χ2v) is 2.25. The summed E-state index contributed by atoms with van der Waals surface area (Å²) in [6, 6.07) is 0. The van der Waals surface area contributed by atoms with E-state index in [4.69, 9.17) is 16.2 Å². The lowest BCUT2D eigenvalue weighted by Gasteiger charge is -2.00. The normalized spacial score (nSPS) is 36.0. The monoisotopic (exact) mass is 116 g/mol. The molecule has 3 heteroatoms. The van der Waals surface area contributed by atoms with Crippen molar-refractivity contribution in [2.45, 2.75) is 18.7 Å². The first-order valence-electron chi connectivity index (χ1n) is 2.79. The van der Waals surface area contributed by atoms with Crippen LogP contribution in [0.25, 0.3) is 0 Å². The van der Waals surface area contributed by atoms with Gasteiger partial charge in [0, 0.05) is 13.0 Å². The predicted molar refractivity (Wildman–Crippen MR) is 31.1 cm³/mol. The molecule has 8 heavy (non-hydrogen) atoms. The van der Waals surface area contributed by atoms with E-state index in [1.165, 1.54) is 0 Å². The van der Waals surface area contributed by atoms with Crippen molar-refractivity contribution in [1.29, 1.82) is 0 Å². The molecule has 0 heterocycles. The Morgan fingerprint density at radius 2 is 2.25 bits per heavy atom. The lowest BCUT2D eigenvalue weighted by Crippen LogP contribution is -2.34. The molecule has 0 amide bonds. The quantitative estimate of drug-likeness (QED) is 0.467. The molecule has 0 bridgehead atoms. The van der Waals surface area contributed by atoms with Gasteiger partial charge in [-0.25, -0.2) is 0 Å². The Morgan fingerprint density at radius 3 is 2.38 bits per heavy atom. The molecule has 1 fully saturated rings. The van der Waals surface area contributed by atoms with Crippen molar-refractivity contribution in [1.82, 2.24) is 0 Å². The number of rotatable bonds is 2. The Labute approximate surface area is 49.0 Å². The van der Waals surface area contributed by atoms with Crippen LogP contribution in [-0.4, -0.2) is 19.4 Å². The van der Waals surface area contributed by atoms with Crippen LogP contribution in [0.3, 0.4) is 0 Å². The summed E-state index contributed by atoms with van der Waals surface area (Å²) in [6.07, 6.45) is 1.20. The average molecular weight is 116 g/mol. The summed E-state index contributed by atoms with van der Waals surface area (Å²) in [6.45, 7) is 0. The maximum absolute atomic E-state index is 5.36. The van der Waals surface area contributed by atoms with Crippen LogP contribution in [0.1, 0.15) is 6.42 Å². The van der Waals surface area contributed by atoms with Gasteiger partial charge in [-0.05, 0) is 6.42 Å². The van der Waals surface area contributed by atoms with Gasteiger partial charge in [0.2, 0.25) is 0 Å². The molecule has 1 aliphatic rings. The van der Waals surface area contributed by atoms with Crippen LogP contribution in [0.5, 0.6) is 0 Å². The summed E-state index contributed by atoms with van der Waals surface area (Å²) in [5, 5.41) is 0. The van der Waals surface area contributed by atoms with Gasteiger partial charge in [-0.2, -0.15) is 0 Å². The molecule has 0 radical (unpaired) electrons. The van der Waals surface area contributed by atoms with Crippen LogP contribution in [0.2, 0.25) is 0 Å². The van der Waals surface area contributed by atoms with E-state index in [2.05, 4.69) is 0 Å². The average Bonchev–Trinajstić information content (AvgIpc) is 2.42. The van der Waals surface area contributed by atoms with Crippen molar-refractivity contribution in [3.63, 3.8) is 0 Å². The fraction of sp³-hybridized carbons (Fsp3) is 1.00. The lowest BCUT2D eigenvalue weighted by molar-refractivity contribution is 0.165. The Morgan fingerprint density at radius 1 is 1.62 bits per heavy atom. The van der Waals surface area contributed by atoms with E-state index in [0.29, 0.717) is 12.0 Å². The number of nitrogens with two attached hydrogens (primary N) is 2.